The Balaban J connectivity index is 2.80. The van der Waals surface area contributed by atoms with Crippen molar-refractivity contribution in [2.75, 3.05) is 0 Å². The number of hydrogen-bond acceptors (Lipinski definition) is 5. The number of aromatic nitrogens is 3. The molecule has 1 aromatic heterocycles. The third kappa shape index (κ3) is 1.07. The molecule has 0 atom stereocenters. The molecule has 0 bridgehead atoms. The summed E-state index contributed by atoms with van der Waals surface area (Å²) in [5.74, 6) is 0. The van der Waals surface area contributed by atoms with Crippen molar-refractivity contribution in [3.05, 3.63) is 11.1 Å². The van der Waals surface area contributed by atoms with Gasteiger partial charge in [-0.05, 0) is 6.08 Å². The van der Waals surface area contributed by atoms with E-state index in [0.29, 0.717) is 5.69 Å². The average Bonchev–Trinajstić information content (AvgIpc) is 2.28. The van der Waals surface area contributed by atoms with Crippen LogP contribution in [0.4, 0.5) is 0 Å². The van der Waals surface area contributed by atoms with Crippen LogP contribution in [0.1, 0.15) is 5.69 Å². The van der Waals surface area contributed by atoms with Gasteiger partial charge in [-0.3, -0.25) is 0 Å². The largest absolute Gasteiger partial charge is 0.248 e. The molecule has 0 amide bonds. The highest BCUT2D eigenvalue weighted by Crippen LogP contribution is 2.20. The molecule has 0 aliphatic carbocycles. The van der Waals surface area contributed by atoms with Gasteiger partial charge in [0.15, 0.2) is 5.03 Å². The molecule has 0 fully saturated rings. The van der Waals surface area contributed by atoms with Crippen LogP contribution >= 0.6 is 0 Å². The first-order valence-electron chi connectivity index (χ1n) is 3.03. The molecule has 0 saturated carbocycles. The van der Waals surface area contributed by atoms with Crippen molar-refractivity contribution in [2.45, 2.75) is 5.03 Å². The second kappa shape index (κ2) is 2.36. The van der Waals surface area contributed by atoms with E-state index < -0.39 is 9.84 Å². The van der Waals surface area contributed by atoms with Crippen molar-refractivity contribution < 1.29 is 8.42 Å². The summed E-state index contributed by atoms with van der Waals surface area (Å²) in [4.78, 5) is 3.75. The Kier molecular flexibility index (Phi) is 1.54. The van der Waals surface area contributed by atoms with Crippen molar-refractivity contribution >= 4 is 36.9 Å². The maximum absolute atomic E-state index is 11.2. The normalized spacial score (nSPS) is 17.7. The zero-order chi connectivity index (χ0) is 8.77. The van der Waals surface area contributed by atoms with Gasteiger partial charge in [0.2, 0.25) is 26.1 Å². The molecule has 12 heavy (non-hydrogen) atoms. The lowest BCUT2D eigenvalue weighted by atomic mass is 10.5. The fourth-order valence-corrected chi connectivity index (χ4v) is 2.20. The zero-order valence-corrected chi connectivity index (χ0v) is 7.77. The standard InChI is InChI=1S/C5H2N3O2S.Al/c9-11(10)2-1-4-5(11)6-3-7-8-4;/h1-2H;. The first kappa shape index (κ1) is 7.86. The van der Waals surface area contributed by atoms with Crippen LogP contribution in [0.2, 0.25) is 0 Å². The van der Waals surface area contributed by atoms with Crippen molar-refractivity contribution in [1.82, 2.24) is 15.2 Å². The van der Waals surface area contributed by atoms with E-state index in [1.807, 2.05) is 0 Å². The molecular formula is C5H2AlN3O2S. The topological polar surface area (TPSA) is 72.8 Å². The van der Waals surface area contributed by atoms with Gasteiger partial charge in [0.05, 0.1) is 0 Å². The second-order valence-corrected chi connectivity index (χ2v) is 4.47. The molecule has 0 spiro atoms. The molecule has 0 saturated heterocycles. The first-order chi connectivity index (χ1) is 5.59. The molecule has 5 nitrogen and oxygen atoms in total. The average molecular weight is 195 g/mol. The Morgan fingerprint density at radius 2 is 2.08 bits per heavy atom. The van der Waals surface area contributed by atoms with E-state index in [9.17, 15) is 8.42 Å². The van der Waals surface area contributed by atoms with Crippen LogP contribution < -0.4 is 4.69 Å². The highest BCUT2D eigenvalue weighted by Gasteiger charge is 2.23. The molecule has 1 aromatic rings. The minimum atomic E-state index is -3.34. The maximum Gasteiger partial charge on any atom is 0.248 e. The van der Waals surface area contributed by atoms with Gasteiger partial charge in [-0.2, -0.15) is 5.10 Å². The van der Waals surface area contributed by atoms with E-state index in [0.717, 1.165) is 5.41 Å². The van der Waals surface area contributed by atoms with Crippen LogP contribution in [0.3, 0.4) is 0 Å². The molecule has 2 radical (unpaired) electrons. The Labute approximate surface area is 76.9 Å². The minimum Gasteiger partial charge on any atom is -0.240 e. The molecule has 1 aliphatic rings. The van der Waals surface area contributed by atoms with Gasteiger partial charge in [-0.25, -0.2) is 13.4 Å². The fraction of sp³-hybridized carbons (Fsp3) is 0. The first-order valence-corrected chi connectivity index (χ1v) is 5.15. The molecule has 7 heteroatoms. The summed E-state index contributed by atoms with van der Waals surface area (Å²) in [6.07, 6.45) is 1.38. The molecule has 0 N–H and O–H groups in total. The SMILES string of the molecule is O=S1(=O)C=Cc2nn[c]([Al])nc21. The number of fused-ring (bicyclic) bond motifs is 1. The number of sulfone groups is 1. The van der Waals surface area contributed by atoms with E-state index in [4.69, 9.17) is 0 Å². The highest BCUT2D eigenvalue weighted by atomic mass is 32.2. The molecule has 58 valence electrons. The van der Waals surface area contributed by atoms with Crippen LogP contribution in [0.25, 0.3) is 6.08 Å². The maximum atomic E-state index is 11.2. The van der Waals surface area contributed by atoms with E-state index in [1.165, 1.54) is 6.08 Å². The van der Waals surface area contributed by atoms with Crippen LogP contribution in [0, 0.1) is 0 Å². The van der Waals surface area contributed by atoms with Gasteiger partial charge in [0.1, 0.15) is 5.69 Å². The minimum absolute atomic E-state index is 0.0116. The summed E-state index contributed by atoms with van der Waals surface area (Å²) >= 11 is 2.19. The van der Waals surface area contributed by atoms with Gasteiger partial charge in [0.25, 0.3) is 0 Å². The summed E-state index contributed by atoms with van der Waals surface area (Å²) in [6.45, 7) is 0. The lowest BCUT2D eigenvalue weighted by molar-refractivity contribution is 0.601. The van der Waals surface area contributed by atoms with E-state index in [-0.39, 0.29) is 9.71 Å². The van der Waals surface area contributed by atoms with Crippen molar-refractivity contribution in [3.8, 4) is 0 Å². The molecule has 2 heterocycles. The van der Waals surface area contributed by atoms with Crippen molar-refractivity contribution in [2.24, 2.45) is 0 Å². The van der Waals surface area contributed by atoms with Gasteiger partial charge >= 0.3 is 0 Å². The smallest absolute Gasteiger partial charge is 0.240 e. The second-order valence-electron chi connectivity index (χ2n) is 2.21. The predicted molar refractivity (Wildman–Crippen MR) is 41.4 cm³/mol. The molecule has 1 aliphatic heterocycles. The Bertz CT molecular complexity index is 468. The van der Waals surface area contributed by atoms with Crippen LogP contribution in [-0.2, 0) is 9.84 Å². The lowest BCUT2D eigenvalue weighted by Gasteiger charge is -1.96. The van der Waals surface area contributed by atoms with E-state index >= 15 is 0 Å². The fourth-order valence-electron chi connectivity index (χ4n) is 0.864. The van der Waals surface area contributed by atoms with Crippen LogP contribution in [0.15, 0.2) is 10.4 Å². The quantitative estimate of drug-likeness (QED) is 0.467. The third-order valence-electron chi connectivity index (χ3n) is 1.37. The molecule has 0 unspecified atom stereocenters. The third-order valence-corrected chi connectivity index (χ3v) is 2.95. The highest BCUT2D eigenvalue weighted by molar-refractivity contribution is 7.94. The van der Waals surface area contributed by atoms with Gasteiger partial charge in [-0.1, -0.05) is 0 Å². The summed E-state index contributed by atoms with van der Waals surface area (Å²) < 4.78 is 22.6. The Hall–Kier alpha value is -0.768. The lowest BCUT2D eigenvalue weighted by Crippen LogP contribution is -2.18. The summed E-state index contributed by atoms with van der Waals surface area (Å²) in [7, 11) is -3.34. The zero-order valence-electron chi connectivity index (χ0n) is 5.80. The van der Waals surface area contributed by atoms with Crippen LogP contribution in [-0.4, -0.2) is 39.9 Å². The summed E-state index contributed by atoms with van der Waals surface area (Å²) in [6, 6.07) is 0. The van der Waals surface area contributed by atoms with Gasteiger partial charge < -0.3 is 0 Å². The summed E-state index contributed by atoms with van der Waals surface area (Å²) in [5.41, 5.74) is 0.307. The van der Waals surface area contributed by atoms with Gasteiger partial charge in [-0.15, -0.1) is 5.10 Å². The van der Waals surface area contributed by atoms with Crippen molar-refractivity contribution in [3.63, 3.8) is 0 Å². The Morgan fingerprint density at radius 1 is 1.33 bits per heavy atom. The van der Waals surface area contributed by atoms with Gasteiger partial charge in [0, 0.05) is 10.1 Å². The number of nitrogens with zero attached hydrogens (tertiary/aromatic N) is 3. The molecule has 2 rings (SSSR count). The Morgan fingerprint density at radius 3 is 2.83 bits per heavy atom. The van der Waals surface area contributed by atoms with Crippen LogP contribution in [0.5, 0.6) is 0 Å². The van der Waals surface area contributed by atoms with E-state index in [1.54, 1.807) is 0 Å². The van der Waals surface area contributed by atoms with E-state index in [2.05, 4.69) is 31.5 Å². The molecule has 0 aromatic carbocycles. The summed E-state index contributed by atoms with van der Waals surface area (Å²) in [5, 5.41) is 8.32. The molecular weight excluding hydrogens is 193 g/mol. The number of rotatable bonds is 0. The predicted octanol–water partition coefficient (Wildman–Crippen LogP) is -1.58. The number of hydrogen-bond donors (Lipinski definition) is 0. The van der Waals surface area contributed by atoms with Crippen molar-refractivity contribution in [1.29, 1.82) is 0 Å². The monoisotopic (exact) mass is 195 g/mol.